The molecule has 0 radical (unpaired) electrons. The predicted octanol–water partition coefficient (Wildman–Crippen LogP) is 4.19. The zero-order valence-corrected chi connectivity index (χ0v) is 18.4. The topological polar surface area (TPSA) is 118 Å². The molecule has 9 heteroatoms. The van der Waals surface area contributed by atoms with Crippen molar-refractivity contribution in [2.45, 2.75) is 6.54 Å². The van der Waals surface area contributed by atoms with E-state index in [4.69, 9.17) is 23.1 Å². The Morgan fingerprint density at radius 1 is 1.31 bits per heavy atom. The Balaban J connectivity index is 1.63. The third kappa shape index (κ3) is 3.16. The lowest BCUT2D eigenvalue weighted by Gasteiger charge is -2.16. The van der Waals surface area contributed by atoms with Gasteiger partial charge in [-0.1, -0.05) is 30.3 Å². The van der Waals surface area contributed by atoms with Crippen LogP contribution in [-0.2, 0) is 11.3 Å². The molecule has 5 N–H and O–H groups in total. The van der Waals surface area contributed by atoms with Crippen LogP contribution in [0.5, 0.6) is 0 Å². The SMILES string of the molecule is C=C(CN1Cc2c(-c3cc(Cl)c4[nH]nc(-c5cccs5)c4c3)ccc(N)c2C1=O)C(N)=O. The van der Waals surface area contributed by atoms with Crippen LogP contribution in [0.25, 0.3) is 32.6 Å². The van der Waals surface area contributed by atoms with Crippen LogP contribution in [0.4, 0.5) is 5.69 Å². The highest BCUT2D eigenvalue weighted by Gasteiger charge is 2.32. The number of primary amides is 1. The Morgan fingerprint density at radius 3 is 2.84 bits per heavy atom. The van der Waals surface area contributed by atoms with E-state index in [0.717, 1.165) is 38.2 Å². The van der Waals surface area contributed by atoms with Crippen LogP contribution in [0.15, 0.2) is 53.9 Å². The van der Waals surface area contributed by atoms with Gasteiger partial charge in [0.25, 0.3) is 5.91 Å². The maximum absolute atomic E-state index is 13.0. The number of hydrogen-bond acceptors (Lipinski definition) is 5. The maximum Gasteiger partial charge on any atom is 0.256 e. The van der Waals surface area contributed by atoms with Crippen molar-refractivity contribution in [3.05, 3.63) is 70.1 Å². The number of nitrogens with one attached hydrogen (secondary N) is 1. The van der Waals surface area contributed by atoms with Crippen molar-refractivity contribution in [3.8, 4) is 21.7 Å². The minimum Gasteiger partial charge on any atom is -0.398 e. The molecule has 2 amide bonds. The third-order valence-electron chi connectivity index (χ3n) is 5.62. The molecule has 2 aromatic carbocycles. The number of fused-ring (bicyclic) bond motifs is 2. The molecule has 4 aromatic rings. The number of rotatable bonds is 5. The second-order valence-electron chi connectivity index (χ2n) is 7.62. The summed E-state index contributed by atoms with van der Waals surface area (Å²) in [4.78, 5) is 27.0. The number of aromatic amines is 1. The van der Waals surface area contributed by atoms with Gasteiger partial charge in [0, 0.05) is 23.2 Å². The van der Waals surface area contributed by atoms with Gasteiger partial charge < -0.3 is 16.4 Å². The first kappa shape index (κ1) is 20.3. The number of carbonyl (C=O) groups is 2. The van der Waals surface area contributed by atoms with Crippen molar-refractivity contribution >= 4 is 51.3 Å². The van der Waals surface area contributed by atoms with Gasteiger partial charge in [0.2, 0.25) is 5.91 Å². The lowest BCUT2D eigenvalue weighted by atomic mass is 9.94. The van der Waals surface area contributed by atoms with Crippen molar-refractivity contribution in [1.29, 1.82) is 0 Å². The molecule has 5 rings (SSSR count). The van der Waals surface area contributed by atoms with Crippen LogP contribution in [-0.4, -0.2) is 33.5 Å². The lowest BCUT2D eigenvalue weighted by molar-refractivity contribution is -0.114. The molecule has 0 unspecified atom stereocenters. The Kier molecular flexibility index (Phi) is 4.76. The largest absolute Gasteiger partial charge is 0.398 e. The van der Waals surface area contributed by atoms with Gasteiger partial charge in [0.1, 0.15) is 5.69 Å². The summed E-state index contributed by atoms with van der Waals surface area (Å²) < 4.78 is 0. The molecular formula is C23H18ClN5O2S. The molecule has 7 nitrogen and oxygen atoms in total. The summed E-state index contributed by atoms with van der Waals surface area (Å²) in [5.74, 6) is -0.892. The summed E-state index contributed by atoms with van der Waals surface area (Å²) in [7, 11) is 0. The highest BCUT2D eigenvalue weighted by Crippen LogP contribution is 2.40. The van der Waals surface area contributed by atoms with Crippen LogP contribution in [0.3, 0.4) is 0 Å². The van der Waals surface area contributed by atoms with E-state index in [1.807, 2.05) is 35.7 Å². The summed E-state index contributed by atoms with van der Waals surface area (Å²) in [5, 5.41) is 10.9. The van der Waals surface area contributed by atoms with Crippen molar-refractivity contribution in [2.75, 3.05) is 12.3 Å². The third-order valence-corrected chi connectivity index (χ3v) is 6.79. The van der Waals surface area contributed by atoms with Crippen LogP contribution in [0.1, 0.15) is 15.9 Å². The first-order valence-electron chi connectivity index (χ1n) is 9.75. The highest BCUT2D eigenvalue weighted by atomic mass is 35.5. The van der Waals surface area contributed by atoms with E-state index >= 15 is 0 Å². The number of carbonyl (C=O) groups excluding carboxylic acids is 2. The molecule has 1 aliphatic heterocycles. The number of nitrogens with zero attached hydrogens (tertiary/aromatic N) is 2. The second-order valence-corrected chi connectivity index (χ2v) is 8.97. The second kappa shape index (κ2) is 7.51. The number of anilines is 1. The van der Waals surface area contributed by atoms with E-state index in [1.54, 1.807) is 17.4 Å². The molecule has 160 valence electrons. The molecule has 0 atom stereocenters. The van der Waals surface area contributed by atoms with Crippen molar-refractivity contribution in [3.63, 3.8) is 0 Å². The first-order valence-corrected chi connectivity index (χ1v) is 11.0. The van der Waals surface area contributed by atoms with Crippen LogP contribution in [0, 0.1) is 0 Å². The minimum absolute atomic E-state index is 0.0474. The average Bonchev–Trinajstić information content (AvgIpc) is 3.48. The van der Waals surface area contributed by atoms with E-state index in [0.29, 0.717) is 22.8 Å². The number of halogens is 1. The highest BCUT2D eigenvalue weighted by molar-refractivity contribution is 7.13. The van der Waals surface area contributed by atoms with Gasteiger partial charge in [-0.2, -0.15) is 5.10 Å². The fraction of sp³-hybridized carbons (Fsp3) is 0.0870. The van der Waals surface area contributed by atoms with Crippen LogP contribution >= 0.6 is 22.9 Å². The first-order chi connectivity index (χ1) is 15.3. The fourth-order valence-electron chi connectivity index (χ4n) is 4.05. The minimum atomic E-state index is -0.639. The normalized spacial score (nSPS) is 13.0. The summed E-state index contributed by atoms with van der Waals surface area (Å²) in [6.07, 6.45) is 0. The van der Waals surface area contributed by atoms with E-state index < -0.39 is 5.91 Å². The van der Waals surface area contributed by atoms with Gasteiger partial charge in [-0.3, -0.25) is 14.7 Å². The molecule has 32 heavy (non-hydrogen) atoms. The Morgan fingerprint density at radius 2 is 2.12 bits per heavy atom. The van der Waals surface area contributed by atoms with Gasteiger partial charge in [-0.15, -0.1) is 11.3 Å². The summed E-state index contributed by atoms with van der Waals surface area (Å²) >= 11 is 8.19. The van der Waals surface area contributed by atoms with Crippen LogP contribution < -0.4 is 11.5 Å². The zero-order chi connectivity index (χ0) is 22.6. The summed E-state index contributed by atoms with van der Waals surface area (Å²) in [6.45, 7) is 4.00. The van der Waals surface area contributed by atoms with Crippen molar-refractivity contribution in [2.24, 2.45) is 5.73 Å². The predicted molar refractivity (Wildman–Crippen MR) is 127 cm³/mol. The Bertz CT molecular complexity index is 1420. The molecule has 0 bridgehead atoms. The summed E-state index contributed by atoms with van der Waals surface area (Å²) in [6, 6.07) is 11.4. The van der Waals surface area contributed by atoms with Crippen molar-refractivity contribution < 1.29 is 9.59 Å². The molecule has 2 aromatic heterocycles. The molecule has 0 saturated carbocycles. The quantitative estimate of drug-likeness (QED) is 0.303. The number of hydrogen-bond donors (Lipinski definition) is 3. The van der Waals surface area contributed by atoms with Gasteiger partial charge in [-0.25, -0.2) is 0 Å². The van der Waals surface area contributed by atoms with Crippen molar-refractivity contribution in [1.82, 2.24) is 15.1 Å². The van der Waals surface area contributed by atoms with Gasteiger partial charge in [0.15, 0.2) is 0 Å². The number of aromatic nitrogens is 2. The van der Waals surface area contributed by atoms with Crippen LogP contribution in [0.2, 0.25) is 5.02 Å². The standard InChI is InChI=1S/C23H18ClN5O2S/c1-11(22(26)30)9-29-10-15-13(4-5-17(25)19(15)23(29)31)12-7-14-20(16(24)8-12)27-28-21(14)18-3-2-6-32-18/h2-8H,1,9-10,25H2,(H2,26,30)(H,27,28). The van der Waals surface area contributed by atoms with E-state index in [-0.39, 0.29) is 18.0 Å². The fourth-order valence-corrected chi connectivity index (χ4v) is 5.04. The molecule has 0 fully saturated rings. The number of nitrogen functional groups attached to an aromatic ring is 1. The van der Waals surface area contributed by atoms with E-state index in [9.17, 15) is 9.59 Å². The average molecular weight is 464 g/mol. The molecule has 1 aliphatic rings. The molecule has 0 saturated heterocycles. The summed E-state index contributed by atoms with van der Waals surface area (Å²) in [5.41, 5.74) is 16.5. The number of nitrogens with two attached hydrogens (primary N) is 2. The van der Waals surface area contributed by atoms with Gasteiger partial charge in [-0.05, 0) is 46.3 Å². The number of amides is 2. The van der Waals surface area contributed by atoms with E-state index in [1.165, 1.54) is 4.90 Å². The van der Waals surface area contributed by atoms with Gasteiger partial charge >= 0.3 is 0 Å². The number of thiophene rings is 1. The molecule has 3 heterocycles. The number of H-pyrrole nitrogens is 1. The maximum atomic E-state index is 13.0. The van der Waals surface area contributed by atoms with Gasteiger partial charge in [0.05, 0.1) is 27.5 Å². The molecule has 0 spiro atoms. The monoisotopic (exact) mass is 463 g/mol. The van der Waals surface area contributed by atoms with E-state index in [2.05, 4.69) is 16.8 Å². The lowest BCUT2D eigenvalue weighted by Crippen LogP contribution is -2.30. The Hall–Kier alpha value is -3.62. The number of benzene rings is 2. The zero-order valence-electron chi connectivity index (χ0n) is 16.8. The smallest absolute Gasteiger partial charge is 0.256 e. The molecule has 0 aliphatic carbocycles. The Labute approximate surface area is 192 Å². The molecular weight excluding hydrogens is 446 g/mol.